The van der Waals surface area contributed by atoms with Gasteiger partial charge in [-0.05, 0) is 25.2 Å². The van der Waals surface area contributed by atoms with Gasteiger partial charge in [0.2, 0.25) is 5.03 Å². The Balaban J connectivity index is 2.30. The Bertz CT molecular complexity index is 642. The van der Waals surface area contributed by atoms with Gasteiger partial charge in [-0.25, -0.2) is 13.2 Å². The second-order valence-electron chi connectivity index (χ2n) is 5.90. The molecule has 8 heteroatoms. The molecule has 0 amide bonds. The number of nitrogens with zero attached hydrogens (tertiary/aromatic N) is 2. The molecule has 0 aliphatic carbocycles. The minimum absolute atomic E-state index is 0.156. The molecule has 1 aliphatic heterocycles. The summed E-state index contributed by atoms with van der Waals surface area (Å²) >= 11 is 0. The van der Waals surface area contributed by atoms with Crippen LogP contribution in [0.4, 0.5) is 0 Å². The van der Waals surface area contributed by atoms with Gasteiger partial charge >= 0.3 is 5.97 Å². The van der Waals surface area contributed by atoms with Crippen molar-refractivity contribution in [2.45, 2.75) is 45.1 Å². The van der Waals surface area contributed by atoms with Gasteiger partial charge in [0.05, 0.1) is 0 Å². The highest BCUT2D eigenvalue weighted by Crippen LogP contribution is 2.36. The van der Waals surface area contributed by atoms with Crippen molar-refractivity contribution in [3.8, 4) is 0 Å². The summed E-state index contributed by atoms with van der Waals surface area (Å²) in [5.41, 5.74) is 0.138. The van der Waals surface area contributed by atoms with E-state index in [9.17, 15) is 18.3 Å². The van der Waals surface area contributed by atoms with Crippen molar-refractivity contribution in [2.24, 2.45) is 5.41 Å². The normalized spacial score (nSPS) is 19.6. The summed E-state index contributed by atoms with van der Waals surface area (Å²) in [6, 6.07) is 0. The molecule has 0 bridgehead atoms. The van der Waals surface area contributed by atoms with E-state index in [1.165, 1.54) is 11.2 Å². The van der Waals surface area contributed by atoms with Crippen LogP contribution in [0.2, 0.25) is 0 Å². The summed E-state index contributed by atoms with van der Waals surface area (Å²) in [5, 5.41) is 15.0. The fourth-order valence-electron chi connectivity index (χ4n) is 2.59. The number of sulfonamides is 1. The second-order valence-corrected chi connectivity index (χ2v) is 7.76. The molecule has 2 N–H and O–H groups in total. The van der Waals surface area contributed by atoms with Crippen LogP contribution in [0, 0.1) is 12.3 Å². The van der Waals surface area contributed by atoms with Gasteiger partial charge < -0.3 is 5.11 Å². The third kappa shape index (κ3) is 2.82. The van der Waals surface area contributed by atoms with Crippen LogP contribution in [0.5, 0.6) is 0 Å². The molecular formula is C13H21N3O4S. The quantitative estimate of drug-likeness (QED) is 0.878. The van der Waals surface area contributed by atoms with Crippen molar-refractivity contribution in [1.82, 2.24) is 14.5 Å². The molecule has 0 aromatic carbocycles. The first-order valence-electron chi connectivity index (χ1n) is 7.00. The molecule has 118 valence electrons. The molecule has 0 atom stereocenters. The number of hydrogen-bond acceptors (Lipinski definition) is 4. The lowest BCUT2D eigenvalue weighted by atomic mass is 9.79. The lowest BCUT2D eigenvalue weighted by Gasteiger charge is -2.37. The molecule has 0 radical (unpaired) electrons. The van der Waals surface area contributed by atoms with Crippen molar-refractivity contribution >= 4 is 16.0 Å². The number of nitrogens with one attached hydrogen (secondary N) is 1. The lowest BCUT2D eigenvalue weighted by Crippen LogP contribution is -2.42. The van der Waals surface area contributed by atoms with Gasteiger partial charge in [0.1, 0.15) is 5.56 Å². The topological polar surface area (TPSA) is 103 Å². The molecule has 1 fully saturated rings. The van der Waals surface area contributed by atoms with Gasteiger partial charge in [0, 0.05) is 18.8 Å². The number of aromatic nitrogens is 2. The average molecular weight is 315 g/mol. The number of aromatic amines is 1. The minimum Gasteiger partial charge on any atom is -0.478 e. The number of piperidine rings is 1. The van der Waals surface area contributed by atoms with E-state index in [-0.39, 0.29) is 21.7 Å². The molecular weight excluding hydrogens is 294 g/mol. The van der Waals surface area contributed by atoms with Crippen LogP contribution in [0.1, 0.15) is 49.2 Å². The maximum Gasteiger partial charge on any atom is 0.340 e. The highest BCUT2D eigenvalue weighted by Gasteiger charge is 2.38. The number of H-pyrrole nitrogens is 1. The summed E-state index contributed by atoms with van der Waals surface area (Å²) in [4.78, 5) is 11.2. The van der Waals surface area contributed by atoms with Crippen molar-refractivity contribution in [2.75, 3.05) is 13.1 Å². The molecule has 2 rings (SSSR count). The number of carboxylic acid groups (broad SMARTS) is 1. The lowest BCUT2D eigenvalue weighted by molar-refractivity contribution is 0.0691. The molecule has 2 heterocycles. The zero-order valence-corrected chi connectivity index (χ0v) is 13.3. The molecule has 7 nitrogen and oxygen atoms in total. The SMILES string of the molecule is CCC1(C)CCN(S(=O)(=O)c2n[nH]c(C)c2C(=O)O)CC1. The van der Waals surface area contributed by atoms with Crippen molar-refractivity contribution in [3.63, 3.8) is 0 Å². The van der Waals surface area contributed by atoms with E-state index in [2.05, 4.69) is 24.0 Å². The molecule has 0 spiro atoms. The first-order valence-corrected chi connectivity index (χ1v) is 8.44. The Morgan fingerprint density at radius 2 is 2.00 bits per heavy atom. The van der Waals surface area contributed by atoms with Crippen LogP contribution < -0.4 is 0 Å². The monoisotopic (exact) mass is 315 g/mol. The van der Waals surface area contributed by atoms with Crippen LogP contribution in [-0.2, 0) is 10.0 Å². The van der Waals surface area contributed by atoms with Gasteiger partial charge in [0.25, 0.3) is 10.0 Å². The molecule has 0 unspecified atom stereocenters. The predicted molar refractivity (Wildman–Crippen MR) is 76.7 cm³/mol. The fraction of sp³-hybridized carbons (Fsp3) is 0.692. The minimum atomic E-state index is -3.87. The van der Waals surface area contributed by atoms with Gasteiger partial charge in [-0.2, -0.15) is 9.40 Å². The molecule has 1 aromatic rings. The summed E-state index contributed by atoms with van der Waals surface area (Å²) in [6.07, 6.45) is 2.55. The highest BCUT2D eigenvalue weighted by atomic mass is 32.2. The van der Waals surface area contributed by atoms with E-state index in [1.807, 2.05) is 0 Å². The molecule has 1 aliphatic rings. The smallest absolute Gasteiger partial charge is 0.340 e. The van der Waals surface area contributed by atoms with Crippen molar-refractivity contribution in [1.29, 1.82) is 0 Å². The number of carboxylic acids is 1. The van der Waals surface area contributed by atoms with E-state index >= 15 is 0 Å². The molecule has 21 heavy (non-hydrogen) atoms. The number of hydrogen-bond donors (Lipinski definition) is 2. The zero-order chi connectivity index (χ0) is 15.8. The predicted octanol–water partition coefficient (Wildman–Crippen LogP) is 1.62. The van der Waals surface area contributed by atoms with E-state index in [1.54, 1.807) is 0 Å². The Hall–Kier alpha value is -1.41. The molecule has 1 aromatic heterocycles. The maximum atomic E-state index is 12.6. The van der Waals surface area contributed by atoms with Crippen molar-refractivity contribution < 1.29 is 18.3 Å². The zero-order valence-electron chi connectivity index (χ0n) is 12.5. The second kappa shape index (κ2) is 5.42. The van der Waals surface area contributed by atoms with Gasteiger partial charge in [-0.3, -0.25) is 5.10 Å². The Kier molecular flexibility index (Phi) is 4.12. The van der Waals surface area contributed by atoms with Gasteiger partial charge in [-0.15, -0.1) is 0 Å². The third-order valence-electron chi connectivity index (χ3n) is 4.50. The highest BCUT2D eigenvalue weighted by molar-refractivity contribution is 7.89. The maximum absolute atomic E-state index is 12.6. The summed E-state index contributed by atoms with van der Waals surface area (Å²) < 4.78 is 26.6. The van der Waals surface area contributed by atoms with Crippen molar-refractivity contribution in [3.05, 3.63) is 11.3 Å². The Morgan fingerprint density at radius 1 is 1.43 bits per heavy atom. The summed E-state index contributed by atoms with van der Waals surface area (Å²) in [7, 11) is -3.87. The van der Waals surface area contributed by atoms with Crippen LogP contribution >= 0.6 is 0 Å². The molecule has 1 saturated heterocycles. The van der Waals surface area contributed by atoms with Gasteiger partial charge in [0.15, 0.2) is 0 Å². The van der Waals surface area contributed by atoms with Crippen LogP contribution in [0.25, 0.3) is 0 Å². The average Bonchev–Trinajstić information content (AvgIpc) is 2.82. The van der Waals surface area contributed by atoms with E-state index in [0.717, 1.165) is 19.3 Å². The standard InChI is InChI=1S/C13H21N3O4S/c1-4-13(3)5-7-16(8-6-13)21(19,20)11-10(12(17)18)9(2)14-15-11/h4-8H2,1-3H3,(H,14,15)(H,17,18). The summed E-state index contributed by atoms with van der Waals surface area (Å²) in [5.74, 6) is -1.28. The summed E-state index contributed by atoms with van der Waals surface area (Å²) in [6.45, 7) is 6.55. The molecule has 0 saturated carbocycles. The van der Waals surface area contributed by atoms with Crippen LogP contribution in [0.3, 0.4) is 0 Å². The number of aryl methyl sites for hydroxylation is 1. The van der Waals surface area contributed by atoms with Crippen LogP contribution in [0.15, 0.2) is 5.03 Å². The number of aromatic carboxylic acids is 1. The third-order valence-corrected chi connectivity index (χ3v) is 6.32. The van der Waals surface area contributed by atoms with E-state index in [0.29, 0.717) is 13.1 Å². The van der Waals surface area contributed by atoms with E-state index < -0.39 is 16.0 Å². The van der Waals surface area contributed by atoms with Gasteiger partial charge in [-0.1, -0.05) is 20.3 Å². The number of carbonyl (C=O) groups is 1. The van der Waals surface area contributed by atoms with Crippen LogP contribution in [-0.4, -0.2) is 47.1 Å². The fourth-order valence-corrected chi connectivity index (χ4v) is 4.15. The van der Waals surface area contributed by atoms with E-state index in [4.69, 9.17) is 0 Å². The Labute approximate surface area is 124 Å². The first-order chi connectivity index (χ1) is 9.71. The number of rotatable bonds is 4. The first kappa shape index (κ1) is 16.0. The largest absolute Gasteiger partial charge is 0.478 e. The Morgan fingerprint density at radius 3 is 2.48 bits per heavy atom.